The molecular weight excluding hydrogens is 271 g/mol. The molecule has 1 aliphatic rings. The maximum absolute atomic E-state index is 12.4. The molecule has 94 valence electrons. The Labute approximate surface area is 116 Å². The first-order valence-corrected chi connectivity index (χ1v) is 6.52. The molecular formula is C13H12Cl2N2O. The highest BCUT2D eigenvalue weighted by molar-refractivity contribution is 6.39. The Kier molecular flexibility index (Phi) is 4.11. The Morgan fingerprint density at radius 2 is 2.00 bits per heavy atom. The minimum absolute atomic E-state index is 0.177. The van der Waals surface area contributed by atoms with Crippen molar-refractivity contribution in [1.29, 1.82) is 5.26 Å². The van der Waals surface area contributed by atoms with E-state index in [0.29, 0.717) is 28.6 Å². The Bertz CT molecular complexity index is 486. The van der Waals surface area contributed by atoms with Crippen LogP contribution in [0.2, 0.25) is 10.0 Å². The minimum Gasteiger partial charge on any atom is -0.335 e. The molecule has 1 amide bonds. The molecule has 0 heterocycles. The van der Waals surface area contributed by atoms with E-state index >= 15 is 0 Å². The molecule has 0 atom stereocenters. The molecule has 18 heavy (non-hydrogen) atoms. The van der Waals surface area contributed by atoms with Crippen molar-refractivity contribution < 1.29 is 4.79 Å². The third-order valence-electron chi connectivity index (χ3n) is 2.89. The van der Waals surface area contributed by atoms with Crippen LogP contribution >= 0.6 is 23.2 Å². The van der Waals surface area contributed by atoms with Gasteiger partial charge in [0.2, 0.25) is 0 Å². The summed E-state index contributed by atoms with van der Waals surface area (Å²) in [6.45, 7) is 0.432. The molecule has 0 spiro atoms. The SMILES string of the molecule is N#CCCN(C(=O)c1c(Cl)cccc1Cl)C1CC1. The number of benzene rings is 1. The molecule has 1 saturated carbocycles. The van der Waals surface area contributed by atoms with Crippen molar-refractivity contribution in [2.24, 2.45) is 0 Å². The second-order valence-electron chi connectivity index (χ2n) is 4.23. The van der Waals surface area contributed by atoms with Gasteiger partial charge in [0.25, 0.3) is 5.91 Å². The predicted octanol–water partition coefficient (Wildman–Crippen LogP) is 3.51. The Hall–Kier alpha value is -1.24. The predicted molar refractivity (Wildman–Crippen MR) is 70.8 cm³/mol. The lowest BCUT2D eigenvalue weighted by Gasteiger charge is -2.22. The van der Waals surface area contributed by atoms with Gasteiger partial charge in [0.1, 0.15) is 0 Å². The Balaban J connectivity index is 2.25. The first kappa shape index (κ1) is 13.2. The van der Waals surface area contributed by atoms with E-state index in [2.05, 4.69) is 6.07 Å². The Morgan fingerprint density at radius 3 is 2.50 bits per heavy atom. The standard InChI is InChI=1S/C13H12Cl2N2O/c14-10-3-1-4-11(15)12(10)13(18)17(8-2-7-16)9-5-6-9/h1,3-4,9H,2,5-6,8H2. The van der Waals surface area contributed by atoms with Gasteiger partial charge in [-0.2, -0.15) is 5.26 Å². The minimum atomic E-state index is -0.177. The van der Waals surface area contributed by atoms with Crippen LogP contribution in [0.1, 0.15) is 29.6 Å². The fraction of sp³-hybridized carbons (Fsp3) is 0.385. The molecule has 5 heteroatoms. The highest BCUT2D eigenvalue weighted by Crippen LogP contribution is 2.32. The van der Waals surface area contributed by atoms with Crippen LogP contribution < -0.4 is 0 Å². The van der Waals surface area contributed by atoms with Crippen LogP contribution in [0.15, 0.2) is 18.2 Å². The van der Waals surface area contributed by atoms with Gasteiger partial charge in [-0.15, -0.1) is 0 Å². The summed E-state index contributed by atoms with van der Waals surface area (Å²) in [7, 11) is 0. The van der Waals surface area contributed by atoms with Gasteiger partial charge in [0.15, 0.2) is 0 Å². The fourth-order valence-electron chi connectivity index (χ4n) is 1.85. The number of rotatable bonds is 4. The van der Waals surface area contributed by atoms with Crippen LogP contribution in [0.4, 0.5) is 0 Å². The van der Waals surface area contributed by atoms with Gasteiger partial charge in [0, 0.05) is 12.6 Å². The number of hydrogen-bond acceptors (Lipinski definition) is 2. The molecule has 0 aromatic heterocycles. The van der Waals surface area contributed by atoms with Crippen molar-refractivity contribution in [3.05, 3.63) is 33.8 Å². The second-order valence-corrected chi connectivity index (χ2v) is 5.05. The van der Waals surface area contributed by atoms with Crippen molar-refractivity contribution in [2.45, 2.75) is 25.3 Å². The maximum Gasteiger partial charge on any atom is 0.257 e. The molecule has 0 unspecified atom stereocenters. The molecule has 1 aliphatic carbocycles. The molecule has 1 fully saturated rings. The lowest BCUT2D eigenvalue weighted by atomic mass is 10.2. The monoisotopic (exact) mass is 282 g/mol. The summed E-state index contributed by atoms with van der Waals surface area (Å²) >= 11 is 12.1. The van der Waals surface area contributed by atoms with Gasteiger partial charge in [-0.1, -0.05) is 29.3 Å². The molecule has 0 radical (unpaired) electrons. The molecule has 2 rings (SSSR count). The average Bonchev–Trinajstić information content (AvgIpc) is 3.14. The van der Waals surface area contributed by atoms with Crippen molar-refractivity contribution in [1.82, 2.24) is 4.90 Å². The van der Waals surface area contributed by atoms with Crippen LogP contribution in [-0.2, 0) is 0 Å². The molecule has 3 nitrogen and oxygen atoms in total. The number of carbonyl (C=O) groups is 1. The van der Waals surface area contributed by atoms with Crippen LogP contribution in [0, 0.1) is 11.3 Å². The van der Waals surface area contributed by atoms with E-state index in [1.165, 1.54) is 0 Å². The van der Waals surface area contributed by atoms with Crippen molar-refractivity contribution in [3.63, 3.8) is 0 Å². The number of amides is 1. The summed E-state index contributed by atoms with van der Waals surface area (Å²) in [5.74, 6) is -0.177. The van der Waals surface area contributed by atoms with Crippen molar-refractivity contribution in [2.75, 3.05) is 6.54 Å². The molecule has 0 aliphatic heterocycles. The molecule has 0 saturated heterocycles. The zero-order valence-corrected chi connectivity index (χ0v) is 11.2. The van der Waals surface area contributed by atoms with E-state index in [9.17, 15) is 4.79 Å². The van der Waals surface area contributed by atoms with E-state index in [-0.39, 0.29) is 11.9 Å². The van der Waals surface area contributed by atoms with Crippen LogP contribution in [0.3, 0.4) is 0 Å². The maximum atomic E-state index is 12.4. The summed E-state index contributed by atoms with van der Waals surface area (Å²) in [6, 6.07) is 7.30. The molecule has 0 bridgehead atoms. The number of halogens is 2. The summed E-state index contributed by atoms with van der Waals surface area (Å²) in [6.07, 6.45) is 2.29. The number of carbonyl (C=O) groups excluding carboxylic acids is 1. The lowest BCUT2D eigenvalue weighted by Crippen LogP contribution is -2.34. The first-order chi connectivity index (χ1) is 8.65. The second kappa shape index (κ2) is 5.60. The first-order valence-electron chi connectivity index (χ1n) is 5.77. The largest absolute Gasteiger partial charge is 0.335 e. The van der Waals surface area contributed by atoms with E-state index in [0.717, 1.165) is 12.8 Å². The van der Waals surface area contributed by atoms with Gasteiger partial charge < -0.3 is 4.90 Å². The van der Waals surface area contributed by atoms with Gasteiger partial charge in [0.05, 0.1) is 28.1 Å². The third-order valence-corrected chi connectivity index (χ3v) is 3.52. The molecule has 1 aromatic carbocycles. The van der Waals surface area contributed by atoms with E-state index in [1.54, 1.807) is 23.1 Å². The van der Waals surface area contributed by atoms with Gasteiger partial charge in [-0.05, 0) is 25.0 Å². The number of nitrogens with zero attached hydrogens (tertiary/aromatic N) is 2. The summed E-state index contributed by atoms with van der Waals surface area (Å²) < 4.78 is 0. The van der Waals surface area contributed by atoms with Crippen LogP contribution in [-0.4, -0.2) is 23.4 Å². The zero-order chi connectivity index (χ0) is 13.1. The molecule has 1 aromatic rings. The van der Waals surface area contributed by atoms with Crippen molar-refractivity contribution in [3.8, 4) is 6.07 Å². The topological polar surface area (TPSA) is 44.1 Å². The smallest absolute Gasteiger partial charge is 0.257 e. The quantitative estimate of drug-likeness (QED) is 0.848. The van der Waals surface area contributed by atoms with Crippen LogP contribution in [0.25, 0.3) is 0 Å². The van der Waals surface area contributed by atoms with Crippen LogP contribution in [0.5, 0.6) is 0 Å². The van der Waals surface area contributed by atoms with Crippen molar-refractivity contribution >= 4 is 29.1 Å². The Morgan fingerprint density at radius 1 is 1.39 bits per heavy atom. The average molecular weight is 283 g/mol. The van der Waals surface area contributed by atoms with E-state index < -0.39 is 0 Å². The van der Waals surface area contributed by atoms with Gasteiger partial charge in [-0.3, -0.25) is 4.79 Å². The summed E-state index contributed by atoms with van der Waals surface area (Å²) in [4.78, 5) is 14.1. The third kappa shape index (κ3) is 2.77. The van der Waals surface area contributed by atoms with E-state index in [4.69, 9.17) is 28.5 Å². The van der Waals surface area contributed by atoms with E-state index in [1.807, 2.05) is 0 Å². The highest BCUT2D eigenvalue weighted by Gasteiger charge is 2.34. The van der Waals surface area contributed by atoms with Gasteiger partial charge >= 0.3 is 0 Å². The normalized spacial score (nSPS) is 14.1. The number of nitriles is 1. The zero-order valence-electron chi connectivity index (χ0n) is 9.70. The summed E-state index contributed by atoms with van der Waals surface area (Å²) in [5.41, 5.74) is 0.339. The summed E-state index contributed by atoms with van der Waals surface area (Å²) in [5, 5.41) is 9.35. The van der Waals surface area contributed by atoms with Gasteiger partial charge in [-0.25, -0.2) is 0 Å². The lowest BCUT2D eigenvalue weighted by molar-refractivity contribution is 0.0747. The highest BCUT2D eigenvalue weighted by atomic mass is 35.5. The molecule has 0 N–H and O–H groups in total. The number of hydrogen-bond donors (Lipinski definition) is 0. The fourth-order valence-corrected chi connectivity index (χ4v) is 2.41.